The summed E-state index contributed by atoms with van der Waals surface area (Å²) in [6, 6.07) is 3.66. The van der Waals surface area contributed by atoms with Crippen LogP contribution in [0.25, 0.3) is 0 Å². The number of hydrogen-bond donors (Lipinski definition) is 2. The van der Waals surface area contributed by atoms with Gasteiger partial charge in [-0.1, -0.05) is 11.6 Å². The van der Waals surface area contributed by atoms with Gasteiger partial charge < -0.3 is 10.6 Å². The highest BCUT2D eigenvalue weighted by Crippen LogP contribution is 2.18. The fourth-order valence-electron chi connectivity index (χ4n) is 3.03. The zero-order valence-electron chi connectivity index (χ0n) is 15.9. The van der Waals surface area contributed by atoms with Gasteiger partial charge in [-0.15, -0.1) is 0 Å². The van der Waals surface area contributed by atoms with Crippen LogP contribution in [0.5, 0.6) is 0 Å². The number of benzene rings is 1. The topological polar surface area (TPSA) is 61.4 Å². The Balaban J connectivity index is 1.73. The van der Waals surface area contributed by atoms with Crippen LogP contribution >= 0.6 is 11.6 Å². The molecule has 1 aliphatic rings. The molecule has 1 heterocycles. The van der Waals surface area contributed by atoms with E-state index >= 15 is 0 Å². The van der Waals surface area contributed by atoms with Gasteiger partial charge in [-0.05, 0) is 63.9 Å². The van der Waals surface area contributed by atoms with Crippen LogP contribution in [0.2, 0.25) is 5.02 Å². The molecule has 0 aromatic heterocycles. The van der Waals surface area contributed by atoms with E-state index in [1.54, 1.807) is 0 Å². The smallest absolute Gasteiger partial charge is 0.260 e. The summed E-state index contributed by atoms with van der Waals surface area (Å²) in [7, 11) is 0. The third-order valence-electron chi connectivity index (χ3n) is 4.76. The van der Waals surface area contributed by atoms with Gasteiger partial charge in [0.2, 0.25) is 5.91 Å². The predicted molar refractivity (Wildman–Crippen MR) is 101 cm³/mol. The molecule has 2 amide bonds. The maximum atomic E-state index is 13.3. The van der Waals surface area contributed by atoms with Crippen molar-refractivity contribution in [2.24, 2.45) is 5.92 Å². The summed E-state index contributed by atoms with van der Waals surface area (Å²) in [6.45, 7) is 4.35. The minimum atomic E-state index is -2.64. The third-order valence-corrected chi connectivity index (χ3v) is 4.98. The molecular weight excluding hydrogens is 395 g/mol. The Morgan fingerprint density at radius 3 is 2.46 bits per heavy atom. The van der Waals surface area contributed by atoms with E-state index in [1.807, 2.05) is 4.90 Å². The van der Waals surface area contributed by atoms with Crippen molar-refractivity contribution in [3.05, 3.63) is 34.6 Å². The Labute approximate surface area is 167 Å². The standard InChI is InChI=1S/C19H25ClF3N3O2/c1-19(2,18(22)23)25-16(27)11-26-5-3-12(4-6-26)10-24-17(28)13-7-14(20)9-15(21)8-13/h7-9,12,18H,3-6,10-11H2,1-2H3,(H,24,28)(H,25,27). The first-order chi connectivity index (χ1) is 13.1. The highest BCUT2D eigenvalue weighted by Gasteiger charge is 2.32. The van der Waals surface area contributed by atoms with E-state index in [0.29, 0.717) is 19.6 Å². The molecule has 0 atom stereocenters. The van der Waals surface area contributed by atoms with Gasteiger partial charge in [-0.25, -0.2) is 13.2 Å². The summed E-state index contributed by atoms with van der Waals surface area (Å²) in [4.78, 5) is 26.0. The van der Waals surface area contributed by atoms with Crippen LogP contribution in [0.1, 0.15) is 37.0 Å². The van der Waals surface area contributed by atoms with Gasteiger partial charge in [0.1, 0.15) is 5.82 Å². The normalized spacial score (nSPS) is 16.2. The summed E-state index contributed by atoms with van der Waals surface area (Å²) >= 11 is 5.76. The summed E-state index contributed by atoms with van der Waals surface area (Å²) in [5.41, 5.74) is -1.39. The molecule has 1 fully saturated rings. The van der Waals surface area contributed by atoms with Crippen molar-refractivity contribution in [2.45, 2.75) is 38.7 Å². The van der Waals surface area contributed by atoms with E-state index in [-0.39, 0.29) is 23.0 Å². The van der Waals surface area contributed by atoms with Crippen LogP contribution < -0.4 is 10.6 Å². The van der Waals surface area contributed by atoms with E-state index in [1.165, 1.54) is 19.9 Å². The average molecular weight is 420 g/mol. The average Bonchev–Trinajstić information content (AvgIpc) is 2.59. The predicted octanol–water partition coefficient (Wildman–Crippen LogP) is 3.08. The van der Waals surface area contributed by atoms with E-state index in [4.69, 9.17) is 11.6 Å². The molecule has 1 aromatic carbocycles. The van der Waals surface area contributed by atoms with E-state index in [2.05, 4.69) is 10.6 Å². The number of amides is 2. The molecule has 0 aliphatic carbocycles. The Kier molecular flexibility index (Phi) is 7.71. The molecule has 0 unspecified atom stereocenters. The number of carbonyl (C=O) groups is 2. The fourth-order valence-corrected chi connectivity index (χ4v) is 3.25. The number of rotatable bonds is 7. The first kappa shape index (κ1) is 22.5. The monoisotopic (exact) mass is 419 g/mol. The molecule has 5 nitrogen and oxygen atoms in total. The van der Waals surface area contributed by atoms with E-state index in [0.717, 1.165) is 25.0 Å². The van der Waals surface area contributed by atoms with Gasteiger partial charge in [0.05, 0.1) is 12.1 Å². The van der Waals surface area contributed by atoms with E-state index in [9.17, 15) is 22.8 Å². The quantitative estimate of drug-likeness (QED) is 0.714. The SMILES string of the molecule is CC(C)(NC(=O)CN1CCC(CNC(=O)c2cc(F)cc(Cl)c2)CC1)C(F)F. The van der Waals surface area contributed by atoms with Crippen LogP contribution in [0.15, 0.2) is 18.2 Å². The van der Waals surface area contributed by atoms with Gasteiger partial charge in [0.15, 0.2) is 0 Å². The Morgan fingerprint density at radius 2 is 1.89 bits per heavy atom. The van der Waals surface area contributed by atoms with Gasteiger partial charge in [-0.2, -0.15) is 0 Å². The number of hydrogen-bond acceptors (Lipinski definition) is 3. The summed E-state index contributed by atoms with van der Waals surface area (Å²) < 4.78 is 39.0. The Hall–Kier alpha value is -1.80. The maximum absolute atomic E-state index is 13.3. The molecule has 1 aliphatic heterocycles. The zero-order valence-corrected chi connectivity index (χ0v) is 16.7. The van der Waals surface area contributed by atoms with Crippen LogP contribution in [0, 0.1) is 11.7 Å². The zero-order chi connectivity index (χ0) is 20.9. The van der Waals surface area contributed by atoms with Crippen LogP contribution in [-0.2, 0) is 4.79 Å². The Bertz CT molecular complexity index is 687. The molecule has 2 N–H and O–H groups in total. The number of nitrogens with one attached hydrogen (secondary N) is 2. The number of nitrogens with zero attached hydrogens (tertiary/aromatic N) is 1. The van der Waals surface area contributed by atoms with Crippen LogP contribution in [0.3, 0.4) is 0 Å². The summed E-state index contributed by atoms with van der Waals surface area (Å²) in [5, 5.41) is 5.29. The third kappa shape index (κ3) is 6.67. The summed E-state index contributed by atoms with van der Waals surface area (Å²) in [6.07, 6.45) is -1.12. The largest absolute Gasteiger partial charge is 0.352 e. The molecule has 0 saturated carbocycles. The molecule has 2 rings (SSSR count). The van der Waals surface area contributed by atoms with Gasteiger partial charge in [0.25, 0.3) is 12.3 Å². The molecule has 1 aromatic rings. The highest BCUT2D eigenvalue weighted by atomic mass is 35.5. The Morgan fingerprint density at radius 1 is 1.25 bits per heavy atom. The lowest BCUT2D eigenvalue weighted by Crippen LogP contribution is -2.52. The van der Waals surface area contributed by atoms with Crippen molar-refractivity contribution in [3.8, 4) is 0 Å². The number of alkyl halides is 2. The number of halogens is 4. The molecule has 156 valence electrons. The second kappa shape index (κ2) is 9.60. The van der Waals surface area contributed by atoms with Crippen molar-refractivity contribution in [2.75, 3.05) is 26.2 Å². The van der Waals surface area contributed by atoms with Crippen LogP contribution in [0.4, 0.5) is 13.2 Å². The summed E-state index contributed by atoms with van der Waals surface area (Å²) in [5.74, 6) is -1.17. The lowest BCUT2D eigenvalue weighted by atomic mass is 9.96. The first-order valence-corrected chi connectivity index (χ1v) is 9.50. The van der Waals surface area contributed by atoms with E-state index < -0.39 is 29.6 Å². The lowest BCUT2D eigenvalue weighted by molar-refractivity contribution is -0.126. The molecule has 0 radical (unpaired) electrons. The second-order valence-electron chi connectivity index (χ2n) is 7.66. The van der Waals surface area contributed by atoms with Crippen molar-refractivity contribution >= 4 is 23.4 Å². The molecule has 1 saturated heterocycles. The van der Waals surface area contributed by atoms with Gasteiger partial charge >= 0.3 is 0 Å². The molecular formula is C19H25ClF3N3O2. The number of piperidine rings is 1. The minimum Gasteiger partial charge on any atom is -0.352 e. The molecule has 28 heavy (non-hydrogen) atoms. The minimum absolute atomic E-state index is 0.0665. The maximum Gasteiger partial charge on any atom is 0.260 e. The molecule has 0 spiro atoms. The van der Waals surface area contributed by atoms with Crippen molar-refractivity contribution < 1.29 is 22.8 Å². The number of carbonyl (C=O) groups excluding carboxylic acids is 2. The fraction of sp³-hybridized carbons (Fsp3) is 0.579. The number of likely N-dealkylation sites (tertiary alicyclic amines) is 1. The van der Waals surface area contributed by atoms with Crippen LogP contribution in [-0.4, -0.2) is 54.9 Å². The van der Waals surface area contributed by atoms with Crippen molar-refractivity contribution in [1.82, 2.24) is 15.5 Å². The van der Waals surface area contributed by atoms with Crippen molar-refractivity contribution in [1.29, 1.82) is 0 Å². The molecule has 0 bridgehead atoms. The molecule has 9 heteroatoms. The first-order valence-electron chi connectivity index (χ1n) is 9.12. The lowest BCUT2D eigenvalue weighted by Gasteiger charge is -2.33. The van der Waals surface area contributed by atoms with Gasteiger partial charge in [-0.3, -0.25) is 14.5 Å². The highest BCUT2D eigenvalue weighted by molar-refractivity contribution is 6.31. The van der Waals surface area contributed by atoms with Crippen molar-refractivity contribution in [3.63, 3.8) is 0 Å². The second-order valence-corrected chi connectivity index (χ2v) is 8.09. The van der Waals surface area contributed by atoms with Gasteiger partial charge in [0, 0.05) is 17.1 Å².